The molecule has 2 aromatic rings. The van der Waals surface area contributed by atoms with Crippen molar-refractivity contribution in [2.24, 2.45) is 0 Å². The van der Waals surface area contributed by atoms with Gasteiger partial charge in [0.2, 0.25) is 5.28 Å². The van der Waals surface area contributed by atoms with Crippen LogP contribution in [0.4, 0.5) is 4.39 Å². The zero-order chi connectivity index (χ0) is 13.7. The predicted octanol–water partition coefficient (Wildman–Crippen LogP) is 4.12. The lowest BCUT2D eigenvalue weighted by atomic mass is 10.1. The van der Waals surface area contributed by atoms with E-state index < -0.39 is 5.82 Å². The van der Waals surface area contributed by atoms with Crippen LogP contribution in [0.5, 0.6) is 5.75 Å². The molecular formula is C14H14ClFN2O. The van der Waals surface area contributed by atoms with Gasteiger partial charge in [-0.15, -0.1) is 0 Å². The molecule has 3 nitrogen and oxygen atoms in total. The van der Waals surface area contributed by atoms with Gasteiger partial charge in [-0.25, -0.2) is 14.4 Å². The van der Waals surface area contributed by atoms with Crippen LogP contribution in [0.1, 0.15) is 19.8 Å². The number of hydrogen-bond acceptors (Lipinski definition) is 3. The summed E-state index contributed by atoms with van der Waals surface area (Å²) in [6, 6.07) is 6.43. The fourth-order valence-electron chi connectivity index (χ4n) is 1.60. The Bertz CT molecular complexity index is 563. The largest absolute Gasteiger partial charge is 0.491 e. The van der Waals surface area contributed by atoms with Gasteiger partial charge in [-0.05, 0) is 42.3 Å². The molecule has 5 heteroatoms. The number of rotatable bonds is 5. The Labute approximate surface area is 116 Å². The summed E-state index contributed by atoms with van der Waals surface area (Å²) >= 11 is 5.71. The molecule has 0 aliphatic rings. The van der Waals surface area contributed by atoms with E-state index in [4.69, 9.17) is 16.3 Å². The van der Waals surface area contributed by atoms with E-state index in [1.54, 1.807) is 18.2 Å². The van der Waals surface area contributed by atoms with Gasteiger partial charge in [0.1, 0.15) is 0 Å². The smallest absolute Gasteiger partial charge is 0.222 e. The maximum atomic E-state index is 13.9. The average Bonchev–Trinajstić information content (AvgIpc) is 2.41. The monoisotopic (exact) mass is 280 g/mol. The summed E-state index contributed by atoms with van der Waals surface area (Å²) in [4.78, 5) is 7.83. The molecule has 0 bridgehead atoms. The van der Waals surface area contributed by atoms with Gasteiger partial charge < -0.3 is 4.74 Å². The van der Waals surface area contributed by atoms with Crippen molar-refractivity contribution in [1.82, 2.24) is 9.97 Å². The standard InChI is InChI=1S/C14H14ClFN2O/c1-2-3-8-19-13-5-4-10(9-11(13)16)12-6-7-17-14(15)18-12/h4-7,9H,2-3,8H2,1H3. The number of unbranched alkanes of at least 4 members (excludes halogenated alkanes) is 1. The number of benzene rings is 1. The first-order chi connectivity index (χ1) is 9.20. The van der Waals surface area contributed by atoms with Gasteiger partial charge in [0.15, 0.2) is 11.6 Å². The molecule has 0 atom stereocenters. The van der Waals surface area contributed by atoms with Crippen LogP contribution in [-0.2, 0) is 0 Å². The molecule has 100 valence electrons. The zero-order valence-corrected chi connectivity index (χ0v) is 11.3. The number of ether oxygens (including phenoxy) is 1. The van der Waals surface area contributed by atoms with Crippen LogP contribution in [0.2, 0.25) is 5.28 Å². The summed E-state index contributed by atoms with van der Waals surface area (Å²) in [7, 11) is 0. The molecule has 0 radical (unpaired) electrons. The molecule has 0 N–H and O–H groups in total. The lowest BCUT2D eigenvalue weighted by Crippen LogP contribution is -1.99. The molecule has 0 saturated heterocycles. The summed E-state index contributed by atoms with van der Waals surface area (Å²) in [6.07, 6.45) is 3.45. The van der Waals surface area contributed by atoms with E-state index in [0.717, 1.165) is 12.8 Å². The van der Waals surface area contributed by atoms with Gasteiger partial charge in [0.05, 0.1) is 12.3 Å². The zero-order valence-electron chi connectivity index (χ0n) is 10.6. The second kappa shape index (κ2) is 6.48. The first-order valence-corrected chi connectivity index (χ1v) is 6.49. The average molecular weight is 281 g/mol. The summed E-state index contributed by atoms with van der Waals surface area (Å²) < 4.78 is 19.2. The summed E-state index contributed by atoms with van der Waals surface area (Å²) in [5.41, 5.74) is 1.23. The molecule has 1 aromatic heterocycles. The lowest BCUT2D eigenvalue weighted by Gasteiger charge is -2.08. The van der Waals surface area contributed by atoms with Crippen molar-refractivity contribution in [3.63, 3.8) is 0 Å². The lowest BCUT2D eigenvalue weighted by molar-refractivity contribution is 0.294. The molecule has 0 saturated carbocycles. The van der Waals surface area contributed by atoms with Crippen molar-refractivity contribution in [3.05, 3.63) is 41.6 Å². The number of aromatic nitrogens is 2. The maximum Gasteiger partial charge on any atom is 0.222 e. The normalized spacial score (nSPS) is 10.5. The number of hydrogen-bond donors (Lipinski definition) is 0. The Kier molecular flexibility index (Phi) is 4.68. The summed E-state index contributed by atoms with van der Waals surface area (Å²) in [5, 5.41) is 0.140. The van der Waals surface area contributed by atoms with Crippen LogP contribution in [0.25, 0.3) is 11.3 Å². The Morgan fingerprint density at radius 3 is 2.84 bits per heavy atom. The maximum absolute atomic E-state index is 13.9. The minimum atomic E-state index is -0.400. The molecule has 1 heterocycles. The summed E-state index contributed by atoms with van der Waals surface area (Å²) in [5.74, 6) is -0.138. The van der Waals surface area contributed by atoms with Crippen LogP contribution in [0.3, 0.4) is 0 Å². The molecule has 1 aromatic carbocycles. The molecule has 19 heavy (non-hydrogen) atoms. The fraction of sp³-hybridized carbons (Fsp3) is 0.286. The van der Waals surface area contributed by atoms with E-state index in [-0.39, 0.29) is 11.0 Å². The molecule has 0 aliphatic carbocycles. The van der Waals surface area contributed by atoms with E-state index in [1.165, 1.54) is 12.3 Å². The van der Waals surface area contributed by atoms with Crippen molar-refractivity contribution in [2.45, 2.75) is 19.8 Å². The highest BCUT2D eigenvalue weighted by atomic mass is 35.5. The number of nitrogens with zero attached hydrogens (tertiary/aromatic N) is 2. The van der Waals surface area contributed by atoms with E-state index in [1.807, 2.05) is 0 Å². The van der Waals surface area contributed by atoms with Gasteiger partial charge >= 0.3 is 0 Å². The third-order valence-electron chi connectivity index (χ3n) is 2.61. The molecule has 0 amide bonds. The van der Waals surface area contributed by atoms with Gasteiger partial charge in [-0.2, -0.15) is 0 Å². The SMILES string of the molecule is CCCCOc1ccc(-c2ccnc(Cl)n2)cc1F. The highest BCUT2D eigenvalue weighted by Crippen LogP contribution is 2.25. The van der Waals surface area contributed by atoms with Gasteiger partial charge in [-0.1, -0.05) is 13.3 Å². The fourth-order valence-corrected chi connectivity index (χ4v) is 1.75. The second-order valence-electron chi connectivity index (χ2n) is 4.06. The Balaban J connectivity index is 2.19. The van der Waals surface area contributed by atoms with Crippen molar-refractivity contribution >= 4 is 11.6 Å². The van der Waals surface area contributed by atoms with Crippen LogP contribution in [0.15, 0.2) is 30.5 Å². The topological polar surface area (TPSA) is 35.0 Å². The van der Waals surface area contributed by atoms with Crippen molar-refractivity contribution in [1.29, 1.82) is 0 Å². The molecule has 0 aliphatic heterocycles. The van der Waals surface area contributed by atoms with Crippen LogP contribution < -0.4 is 4.74 Å². The molecule has 2 rings (SSSR count). The van der Waals surface area contributed by atoms with Gasteiger partial charge in [-0.3, -0.25) is 0 Å². The first kappa shape index (κ1) is 13.7. The third kappa shape index (κ3) is 3.64. The van der Waals surface area contributed by atoms with E-state index in [2.05, 4.69) is 16.9 Å². The number of halogens is 2. The first-order valence-electron chi connectivity index (χ1n) is 6.12. The Morgan fingerprint density at radius 1 is 1.32 bits per heavy atom. The van der Waals surface area contributed by atoms with Crippen LogP contribution in [-0.4, -0.2) is 16.6 Å². The van der Waals surface area contributed by atoms with Gasteiger partial charge in [0.25, 0.3) is 0 Å². The molecule has 0 fully saturated rings. The molecule has 0 spiro atoms. The van der Waals surface area contributed by atoms with Crippen molar-refractivity contribution < 1.29 is 9.13 Å². The Hall–Kier alpha value is -1.68. The van der Waals surface area contributed by atoms with Crippen molar-refractivity contribution in [2.75, 3.05) is 6.61 Å². The molecule has 0 unspecified atom stereocenters. The third-order valence-corrected chi connectivity index (χ3v) is 2.79. The minimum Gasteiger partial charge on any atom is -0.491 e. The quantitative estimate of drug-likeness (QED) is 0.610. The van der Waals surface area contributed by atoms with E-state index in [0.29, 0.717) is 17.9 Å². The summed E-state index contributed by atoms with van der Waals surface area (Å²) in [6.45, 7) is 2.58. The van der Waals surface area contributed by atoms with Crippen molar-refractivity contribution in [3.8, 4) is 17.0 Å². The van der Waals surface area contributed by atoms with Crippen LogP contribution in [0, 0.1) is 5.82 Å². The predicted molar refractivity (Wildman–Crippen MR) is 72.8 cm³/mol. The van der Waals surface area contributed by atoms with Crippen LogP contribution >= 0.6 is 11.6 Å². The second-order valence-corrected chi connectivity index (χ2v) is 4.40. The minimum absolute atomic E-state index is 0.140. The molecular weight excluding hydrogens is 267 g/mol. The Morgan fingerprint density at radius 2 is 2.16 bits per heavy atom. The van der Waals surface area contributed by atoms with Gasteiger partial charge in [0, 0.05) is 11.8 Å². The van der Waals surface area contributed by atoms with E-state index in [9.17, 15) is 4.39 Å². The highest BCUT2D eigenvalue weighted by molar-refractivity contribution is 6.28. The van der Waals surface area contributed by atoms with E-state index >= 15 is 0 Å². The highest BCUT2D eigenvalue weighted by Gasteiger charge is 2.07.